The van der Waals surface area contributed by atoms with Crippen molar-refractivity contribution in [1.82, 2.24) is 5.32 Å². The minimum absolute atomic E-state index is 0.0966. The fourth-order valence-electron chi connectivity index (χ4n) is 1.82. The molecule has 4 nitrogen and oxygen atoms in total. The van der Waals surface area contributed by atoms with Crippen LogP contribution < -0.4 is 14.8 Å². The van der Waals surface area contributed by atoms with Gasteiger partial charge in [-0.05, 0) is 48.4 Å². The van der Waals surface area contributed by atoms with E-state index < -0.39 is 0 Å². The predicted molar refractivity (Wildman–Crippen MR) is 81.5 cm³/mol. The first kappa shape index (κ1) is 15.8. The normalized spacial score (nSPS) is 10.1. The molecule has 5 heteroatoms. The molecule has 2 aromatic rings. The molecule has 0 aromatic heterocycles. The van der Waals surface area contributed by atoms with Gasteiger partial charge in [0.25, 0.3) is 5.91 Å². The molecule has 0 atom stereocenters. The van der Waals surface area contributed by atoms with Crippen LogP contribution in [0.5, 0.6) is 11.5 Å². The van der Waals surface area contributed by atoms with Crippen LogP contribution in [0.4, 0.5) is 4.39 Å². The maximum atomic E-state index is 13.4. The Morgan fingerprint density at radius 1 is 1.14 bits per heavy atom. The van der Waals surface area contributed by atoms with Crippen molar-refractivity contribution in [3.63, 3.8) is 0 Å². The zero-order valence-electron chi connectivity index (χ0n) is 12.6. The Balaban J connectivity index is 1.78. The molecular weight excluding hydrogens is 285 g/mol. The third-order valence-electron chi connectivity index (χ3n) is 3.16. The van der Waals surface area contributed by atoms with Gasteiger partial charge in [0.2, 0.25) is 0 Å². The largest absolute Gasteiger partial charge is 0.497 e. The molecule has 0 heterocycles. The third kappa shape index (κ3) is 4.48. The molecule has 0 spiro atoms. The summed E-state index contributed by atoms with van der Waals surface area (Å²) in [5, 5.41) is 2.68. The zero-order chi connectivity index (χ0) is 15.9. The fraction of sp³-hybridized carbons (Fsp3) is 0.235. The summed E-state index contributed by atoms with van der Waals surface area (Å²) < 4.78 is 23.8. The van der Waals surface area contributed by atoms with Gasteiger partial charge in [-0.2, -0.15) is 0 Å². The number of carbonyl (C=O) groups excluding carboxylic acids is 1. The highest BCUT2D eigenvalue weighted by Gasteiger charge is 2.04. The molecule has 2 aromatic carbocycles. The van der Waals surface area contributed by atoms with Crippen molar-refractivity contribution in [2.24, 2.45) is 0 Å². The summed E-state index contributed by atoms with van der Waals surface area (Å²) in [6.45, 7) is 1.86. The van der Waals surface area contributed by atoms with Crippen LogP contribution in [0.2, 0.25) is 0 Å². The van der Waals surface area contributed by atoms with E-state index >= 15 is 0 Å². The number of aryl methyl sites for hydroxylation is 1. The van der Waals surface area contributed by atoms with Gasteiger partial charge in [0.05, 0.1) is 7.11 Å². The number of halogens is 1. The first-order chi connectivity index (χ1) is 10.6. The van der Waals surface area contributed by atoms with Crippen molar-refractivity contribution < 1.29 is 18.7 Å². The molecule has 1 N–H and O–H groups in total. The van der Waals surface area contributed by atoms with Crippen LogP contribution in [0.1, 0.15) is 11.1 Å². The smallest absolute Gasteiger partial charge is 0.258 e. The quantitative estimate of drug-likeness (QED) is 0.892. The van der Waals surface area contributed by atoms with Crippen molar-refractivity contribution in [1.29, 1.82) is 0 Å². The van der Waals surface area contributed by atoms with Crippen molar-refractivity contribution >= 4 is 5.91 Å². The molecule has 0 saturated carbocycles. The van der Waals surface area contributed by atoms with Crippen LogP contribution in [0.3, 0.4) is 0 Å². The van der Waals surface area contributed by atoms with Crippen LogP contribution >= 0.6 is 0 Å². The van der Waals surface area contributed by atoms with E-state index in [0.29, 0.717) is 16.9 Å². The van der Waals surface area contributed by atoms with Gasteiger partial charge < -0.3 is 14.8 Å². The van der Waals surface area contributed by atoms with Crippen LogP contribution in [0.15, 0.2) is 42.5 Å². The lowest BCUT2D eigenvalue weighted by atomic mass is 10.1. The summed E-state index contributed by atoms with van der Waals surface area (Å²) in [5.41, 5.74) is 1.29. The molecule has 0 fully saturated rings. The Bertz CT molecular complexity index is 641. The number of ether oxygens (including phenoxy) is 2. The molecule has 22 heavy (non-hydrogen) atoms. The van der Waals surface area contributed by atoms with E-state index in [1.807, 2.05) is 0 Å². The number of benzene rings is 2. The number of methoxy groups -OCH3 is 1. The van der Waals surface area contributed by atoms with Gasteiger partial charge in [0, 0.05) is 6.54 Å². The third-order valence-corrected chi connectivity index (χ3v) is 3.16. The molecule has 0 bridgehead atoms. The Morgan fingerprint density at radius 3 is 2.45 bits per heavy atom. The van der Waals surface area contributed by atoms with E-state index in [0.717, 1.165) is 5.75 Å². The monoisotopic (exact) mass is 303 g/mol. The second kappa shape index (κ2) is 7.45. The van der Waals surface area contributed by atoms with Crippen molar-refractivity contribution in [3.05, 3.63) is 59.4 Å². The standard InChI is InChI=1S/C17H18FNO3/c1-12-3-4-13(9-16(12)18)10-19-17(20)11-22-15-7-5-14(21-2)6-8-15/h3-9H,10-11H2,1-2H3,(H,19,20). The zero-order valence-corrected chi connectivity index (χ0v) is 12.6. The maximum Gasteiger partial charge on any atom is 0.258 e. The summed E-state index contributed by atoms with van der Waals surface area (Å²) in [7, 11) is 1.58. The number of hydrogen-bond acceptors (Lipinski definition) is 3. The van der Waals surface area contributed by atoms with Gasteiger partial charge in [-0.25, -0.2) is 4.39 Å². The highest BCUT2D eigenvalue weighted by Crippen LogP contribution is 2.16. The molecule has 2 rings (SSSR count). The molecule has 0 aliphatic heterocycles. The average molecular weight is 303 g/mol. The van der Waals surface area contributed by atoms with Crippen LogP contribution in [-0.2, 0) is 11.3 Å². The summed E-state index contributed by atoms with van der Waals surface area (Å²) >= 11 is 0. The molecular formula is C17H18FNO3. The number of rotatable bonds is 6. The second-order valence-corrected chi connectivity index (χ2v) is 4.82. The first-order valence-electron chi connectivity index (χ1n) is 6.87. The summed E-state index contributed by atoms with van der Waals surface area (Å²) in [6, 6.07) is 11.8. The molecule has 0 unspecified atom stereocenters. The van der Waals surface area contributed by atoms with Crippen molar-refractivity contribution in [3.8, 4) is 11.5 Å². The van der Waals surface area contributed by atoms with Crippen LogP contribution in [0, 0.1) is 12.7 Å². The van der Waals surface area contributed by atoms with E-state index in [4.69, 9.17) is 9.47 Å². The molecule has 116 valence electrons. The SMILES string of the molecule is COc1ccc(OCC(=O)NCc2ccc(C)c(F)c2)cc1. The molecule has 0 radical (unpaired) electrons. The Hall–Kier alpha value is -2.56. The number of amides is 1. The maximum absolute atomic E-state index is 13.4. The summed E-state index contributed by atoms with van der Waals surface area (Å²) in [6.07, 6.45) is 0. The fourth-order valence-corrected chi connectivity index (χ4v) is 1.82. The lowest BCUT2D eigenvalue weighted by molar-refractivity contribution is -0.123. The number of carbonyl (C=O) groups is 1. The molecule has 0 saturated heterocycles. The first-order valence-corrected chi connectivity index (χ1v) is 6.87. The van der Waals surface area contributed by atoms with Gasteiger partial charge >= 0.3 is 0 Å². The minimum Gasteiger partial charge on any atom is -0.497 e. The van der Waals surface area contributed by atoms with Crippen LogP contribution in [-0.4, -0.2) is 19.6 Å². The Kier molecular flexibility index (Phi) is 5.36. The van der Waals surface area contributed by atoms with Gasteiger partial charge in [0.15, 0.2) is 6.61 Å². The van der Waals surface area contributed by atoms with Gasteiger partial charge in [-0.1, -0.05) is 12.1 Å². The Morgan fingerprint density at radius 2 is 1.82 bits per heavy atom. The van der Waals surface area contributed by atoms with E-state index in [9.17, 15) is 9.18 Å². The van der Waals surface area contributed by atoms with E-state index in [1.165, 1.54) is 6.07 Å². The van der Waals surface area contributed by atoms with Crippen molar-refractivity contribution in [2.45, 2.75) is 13.5 Å². The molecule has 0 aliphatic carbocycles. The number of nitrogens with one attached hydrogen (secondary N) is 1. The highest BCUT2D eigenvalue weighted by atomic mass is 19.1. The lowest BCUT2D eigenvalue weighted by Crippen LogP contribution is -2.28. The summed E-state index contributed by atoms with van der Waals surface area (Å²) in [5.74, 6) is 0.758. The average Bonchev–Trinajstić information content (AvgIpc) is 2.54. The van der Waals surface area contributed by atoms with Crippen molar-refractivity contribution in [2.75, 3.05) is 13.7 Å². The lowest BCUT2D eigenvalue weighted by Gasteiger charge is -2.08. The van der Waals surface area contributed by atoms with E-state index in [1.54, 1.807) is 50.4 Å². The van der Waals surface area contributed by atoms with Gasteiger partial charge in [0.1, 0.15) is 17.3 Å². The van der Waals surface area contributed by atoms with E-state index in [2.05, 4.69) is 5.32 Å². The number of hydrogen-bond donors (Lipinski definition) is 1. The Labute approximate surface area is 128 Å². The van der Waals surface area contributed by atoms with Gasteiger partial charge in [-0.15, -0.1) is 0 Å². The molecule has 0 aliphatic rings. The predicted octanol–water partition coefficient (Wildman–Crippen LogP) is 2.84. The second-order valence-electron chi connectivity index (χ2n) is 4.82. The topological polar surface area (TPSA) is 47.6 Å². The van der Waals surface area contributed by atoms with Gasteiger partial charge in [-0.3, -0.25) is 4.79 Å². The minimum atomic E-state index is -0.277. The highest BCUT2D eigenvalue weighted by molar-refractivity contribution is 5.77. The van der Waals surface area contributed by atoms with Crippen LogP contribution in [0.25, 0.3) is 0 Å². The van der Waals surface area contributed by atoms with E-state index in [-0.39, 0.29) is 24.9 Å². The molecule has 1 amide bonds. The summed E-state index contributed by atoms with van der Waals surface area (Å²) in [4.78, 5) is 11.7.